The molecule has 1 fully saturated rings. The number of hydrogen-bond acceptors (Lipinski definition) is 4. The van der Waals surface area contributed by atoms with Gasteiger partial charge in [-0.15, -0.1) is 0 Å². The Hall–Kier alpha value is -0.970. The van der Waals surface area contributed by atoms with Gasteiger partial charge in [0.2, 0.25) is 0 Å². The van der Waals surface area contributed by atoms with Gasteiger partial charge in [0.1, 0.15) is 0 Å². The van der Waals surface area contributed by atoms with Gasteiger partial charge >= 0.3 is 0 Å². The van der Waals surface area contributed by atoms with Crippen LogP contribution in [0.1, 0.15) is 31.7 Å². The summed E-state index contributed by atoms with van der Waals surface area (Å²) in [6.45, 7) is 7.85. The van der Waals surface area contributed by atoms with Crippen LogP contribution in [-0.4, -0.2) is 42.2 Å². The van der Waals surface area contributed by atoms with E-state index in [2.05, 4.69) is 49.3 Å². The molecule has 0 radical (unpaired) electrons. The van der Waals surface area contributed by atoms with Gasteiger partial charge in [0.25, 0.3) is 0 Å². The minimum absolute atomic E-state index is 0.329. The number of likely N-dealkylation sites (N-methyl/N-ethyl adjacent to an activating group) is 1. The molecule has 1 N–H and O–H groups in total. The summed E-state index contributed by atoms with van der Waals surface area (Å²) in [6.07, 6.45) is 1.45. The summed E-state index contributed by atoms with van der Waals surface area (Å²) in [7, 11) is 2.16. The Bertz CT molecular complexity index is 397. The molecule has 2 heterocycles. The summed E-state index contributed by atoms with van der Waals surface area (Å²) in [5, 5.41) is 3.31. The van der Waals surface area contributed by atoms with E-state index in [1.807, 2.05) is 0 Å². The summed E-state index contributed by atoms with van der Waals surface area (Å²) < 4.78 is 5.63. The maximum atomic E-state index is 5.63. The van der Waals surface area contributed by atoms with E-state index < -0.39 is 0 Å². The molecule has 0 saturated carbocycles. The van der Waals surface area contributed by atoms with Crippen LogP contribution < -0.4 is 5.32 Å². The van der Waals surface area contributed by atoms with Crippen LogP contribution in [0.4, 0.5) is 0 Å². The Morgan fingerprint density at radius 1 is 1.42 bits per heavy atom. The van der Waals surface area contributed by atoms with Gasteiger partial charge in [-0.1, -0.05) is 13.0 Å². The SMILES string of the molecule is CCNCc1cccc(CN(C)C2CCOC2C)n1. The zero-order valence-electron chi connectivity index (χ0n) is 12.2. The summed E-state index contributed by atoms with van der Waals surface area (Å²) in [5.74, 6) is 0. The molecule has 4 nitrogen and oxygen atoms in total. The summed E-state index contributed by atoms with van der Waals surface area (Å²) in [4.78, 5) is 7.06. The molecule has 1 aliphatic rings. The van der Waals surface area contributed by atoms with E-state index in [0.29, 0.717) is 12.1 Å². The largest absolute Gasteiger partial charge is 0.377 e. The van der Waals surface area contributed by atoms with Gasteiger partial charge in [0.05, 0.1) is 17.5 Å². The number of ether oxygens (including phenoxy) is 1. The lowest BCUT2D eigenvalue weighted by Crippen LogP contribution is -2.36. The maximum Gasteiger partial charge on any atom is 0.0703 e. The molecule has 1 saturated heterocycles. The number of pyridine rings is 1. The monoisotopic (exact) mass is 263 g/mol. The van der Waals surface area contributed by atoms with Crippen molar-refractivity contribution in [2.45, 2.75) is 45.5 Å². The highest BCUT2D eigenvalue weighted by Crippen LogP contribution is 2.19. The molecule has 106 valence electrons. The summed E-state index contributed by atoms with van der Waals surface area (Å²) in [5.41, 5.74) is 2.25. The Morgan fingerprint density at radius 3 is 2.89 bits per heavy atom. The predicted octanol–water partition coefficient (Wildman–Crippen LogP) is 1.80. The summed E-state index contributed by atoms with van der Waals surface area (Å²) in [6, 6.07) is 6.79. The van der Waals surface area contributed by atoms with Crippen molar-refractivity contribution < 1.29 is 4.74 Å². The van der Waals surface area contributed by atoms with Gasteiger partial charge < -0.3 is 10.1 Å². The average molecular weight is 263 g/mol. The first-order valence-corrected chi connectivity index (χ1v) is 7.18. The number of aromatic nitrogens is 1. The van der Waals surface area contributed by atoms with Gasteiger partial charge in [-0.25, -0.2) is 0 Å². The molecule has 0 aliphatic carbocycles. The zero-order valence-corrected chi connectivity index (χ0v) is 12.2. The quantitative estimate of drug-likeness (QED) is 0.849. The van der Waals surface area contributed by atoms with Crippen LogP contribution in [0, 0.1) is 0 Å². The van der Waals surface area contributed by atoms with Crippen LogP contribution in [0.15, 0.2) is 18.2 Å². The van der Waals surface area contributed by atoms with Gasteiger partial charge in [0, 0.05) is 25.7 Å². The topological polar surface area (TPSA) is 37.4 Å². The molecule has 2 atom stereocenters. The Kier molecular flexibility index (Phi) is 5.31. The van der Waals surface area contributed by atoms with E-state index in [9.17, 15) is 0 Å². The van der Waals surface area contributed by atoms with Crippen LogP contribution in [0.25, 0.3) is 0 Å². The van der Waals surface area contributed by atoms with E-state index in [1.165, 1.54) is 0 Å². The third kappa shape index (κ3) is 4.00. The second kappa shape index (κ2) is 6.98. The van der Waals surface area contributed by atoms with Crippen molar-refractivity contribution in [3.63, 3.8) is 0 Å². The molecule has 0 spiro atoms. The Balaban J connectivity index is 1.94. The lowest BCUT2D eigenvalue weighted by Gasteiger charge is -2.26. The molecule has 0 bridgehead atoms. The molecule has 1 aromatic rings. The molecule has 19 heavy (non-hydrogen) atoms. The standard InChI is InChI=1S/C15H25N3O/c1-4-16-10-13-6-5-7-14(17-13)11-18(3)15-8-9-19-12(15)2/h5-7,12,15-16H,4,8-11H2,1-3H3. The molecule has 2 unspecified atom stereocenters. The second-order valence-electron chi connectivity index (χ2n) is 5.25. The third-order valence-corrected chi connectivity index (χ3v) is 3.73. The number of nitrogens with zero attached hydrogens (tertiary/aromatic N) is 2. The molecule has 0 amide bonds. The number of hydrogen-bond donors (Lipinski definition) is 1. The highest BCUT2D eigenvalue weighted by Gasteiger charge is 2.27. The van der Waals surface area contributed by atoms with E-state index in [4.69, 9.17) is 9.72 Å². The highest BCUT2D eigenvalue weighted by molar-refractivity contribution is 5.11. The Morgan fingerprint density at radius 2 is 2.21 bits per heavy atom. The van der Waals surface area contributed by atoms with Crippen molar-refractivity contribution in [3.8, 4) is 0 Å². The van der Waals surface area contributed by atoms with Crippen LogP contribution in [-0.2, 0) is 17.8 Å². The fourth-order valence-electron chi connectivity index (χ4n) is 2.64. The second-order valence-corrected chi connectivity index (χ2v) is 5.25. The molecule has 1 aliphatic heterocycles. The smallest absolute Gasteiger partial charge is 0.0703 e. The fourth-order valence-corrected chi connectivity index (χ4v) is 2.64. The molecule has 0 aromatic carbocycles. The fraction of sp³-hybridized carbons (Fsp3) is 0.667. The lowest BCUT2D eigenvalue weighted by atomic mass is 10.1. The zero-order chi connectivity index (χ0) is 13.7. The number of rotatable bonds is 6. The van der Waals surface area contributed by atoms with Gasteiger partial charge in [-0.05, 0) is 39.1 Å². The molecule has 2 rings (SSSR count). The van der Waals surface area contributed by atoms with Crippen LogP contribution in [0.5, 0.6) is 0 Å². The first-order chi connectivity index (χ1) is 9.20. The van der Waals surface area contributed by atoms with Crippen molar-refractivity contribution in [1.29, 1.82) is 0 Å². The van der Waals surface area contributed by atoms with E-state index in [1.54, 1.807) is 0 Å². The molecule has 4 heteroatoms. The Labute approximate surface area is 116 Å². The van der Waals surface area contributed by atoms with Crippen molar-refractivity contribution in [2.24, 2.45) is 0 Å². The minimum atomic E-state index is 0.329. The van der Waals surface area contributed by atoms with E-state index in [0.717, 1.165) is 44.0 Å². The normalized spacial score (nSPS) is 23.2. The first kappa shape index (κ1) is 14.4. The van der Waals surface area contributed by atoms with Crippen LogP contribution in [0.3, 0.4) is 0 Å². The van der Waals surface area contributed by atoms with Gasteiger partial charge in [0.15, 0.2) is 0 Å². The minimum Gasteiger partial charge on any atom is -0.377 e. The van der Waals surface area contributed by atoms with Crippen molar-refractivity contribution in [1.82, 2.24) is 15.2 Å². The van der Waals surface area contributed by atoms with Crippen molar-refractivity contribution in [3.05, 3.63) is 29.6 Å². The number of nitrogens with one attached hydrogen (secondary N) is 1. The maximum absolute atomic E-state index is 5.63. The molecular formula is C15H25N3O. The molecule has 1 aromatic heterocycles. The van der Waals surface area contributed by atoms with Gasteiger partial charge in [-0.3, -0.25) is 9.88 Å². The van der Waals surface area contributed by atoms with Gasteiger partial charge in [-0.2, -0.15) is 0 Å². The van der Waals surface area contributed by atoms with Crippen LogP contribution in [0.2, 0.25) is 0 Å². The summed E-state index contributed by atoms with van der Waals surface area (Å²) >= 11 is 0. The predicted molar refractivity (Wildman–Crippen MR) is 76.9 cm³/mol. The van der Waals surface area contributed by atoms with E-state index >= 15 is 0 Å². The third-order valence-electron chi connectivity index (χ3n) is 3.73. The lowest BCUT2D eigenvalue weighted by molar-refractivity contribution is 0.0810. The average Bonchev–Trinajstić information content (AvgIpc) is 2.83. The van der Waals surface area contributed by atoms with Crippen molar-refractivity contribution in [2.75, 3.05) is 20.2 Å². The molecular weight excluding hydrogens is 238 g/mol. The highest BCUT2D eigenvalue weighted by atomic mass is 16.5. The van der Waals surface area contributed by atoms with E-state index in [-0.39, 0.29) is 0 Å². The van der Waals surface area contributed by atoms with Crippen LogP contribution >= 0.6 is 0 Å². The van der Waals surface area contributed by atoms with Crippen molar-refractivity contribution >= 4 is 0 Å². The first-order valence-electron chi connectivity index (χ1n) is 7.18.